The van der Waals surface area contributed by atoms with Gasteiger partial charge in [0.25, 0.3) is 0 Å². The molecule has 1 saturated carbocycles. The minimum Gasteiger partial charge on any atom is -0.300 e. The molecule has 0 bridgehead atoms. The van der Waals surface area contributed by atoms with Gasteiger partial charge >= 0.3 is 0 Å². The average molecular weight is 277 g/mol. The molecule has 0 aromatic heterocycles. The quantitative estimate of drug-likeness (QED) is 0.831. The number of halogens is 2. The minimum absolute atomic E-state index is 0.108. The summed E-state index contributed by atoms with van der Waals surface area (Å²) in [5.74, 6) is 0.177. The van der Waals surface area contributed by atoms with Crippen molar-refractivity contribution in [2.24, 2.45) is 0 Å². The fraction of sp³-hybridized carbons (Fsp3) is 0.364. The minimum atomic E-state index is -1.24. The van der Waals surface area contributed by atoms with Crippen LogP contribution in [0.4, 0.5) is 0 Å². The Labute approximate surface area is 106 Å². The smallest absolute Gasteiger partial charge is 0.134 e. The van der Waals surface area contributed by atoms with E-state index in [1.165, 1.54) is 0 Å². The lowest BCUT2D eigenvalue weighted by atomic mass is 10.3. The molecule has 5 heteroatoms. The van der Waals surface area contributed by atoms with Crippen molar-refractivity contribution in [3.8, 4) is 0 Å². The molecule has 2 rings (SSSR count). The van der Waals surface area contributed by atoms with E-state index in [2.05, 4.69) is 0 Å². The van der Waals surface area contributed by atoms with Crippen LogP contribution in [0.3, 0.4) is 0 Å². The van der Waals surface area contributed by atoms with Gasteiger partial charge in [-0.25, -0.2) is 0 Å². The van der Waals surface area contributed by atoms with Crippen molar-refractivity contribution in [1.29, 1.82) is 0 Å². The molecule has 0 aliphatic heterocycles. The predicted molar refractivity (Wildman–Crippen MR) is 65.5 cm³/mol. The summed E-state index contributed by atoms with van der Waals surface area (Å²) in [6.07, 6.45) is 1.58. The van der Waals surface area contributed by atoms with Crippen LogP contribution >= 0.6 is 23.2 Å². The van der Waals surface area contributed by atoms with Crippen LogP contribution in [0.2, 0.25) is 10.0 Å². The summed E-state index contributed by atoms with van der Waals surface area (Å²) in [4.78, 5) is 11.7. The molecular formula is C11H10Cl2O2S. The fourth-order valence-electron chi connectivity index (χ4n) is 1.77. The number of Topliss-reactive ketones (excluding diaryl/α,β-unsaturated/α-hetero) is 1. The number of ketones is 1. The topological polar surface area (TPSA) is 34.1 Å². The zero-order chi connectivity index (χ0) is 11.7. The largest absolute Gasteiger partial charge is 0.300 e. The van der Waals surface area contributed by atoms with Crippen LogP contribution in [0.25, 0.3) is 0 Å². The van der Waals surface area contributed by atoms with E-state index < -0.39 is 10.8 Å². The van der Waals surface area contributed by atoms with Crippen LogP contribution in [0.15, 0.2) is 23.1 Å². The van der Waals surface area contributed by atoms with Crippen molar-refractivity contribution < 1.29 is 9.00 Å². The SMILES string of the molecule is O=C1CCC(S(=O)c2cc(Cl)ccc2Cl)C1. The fourth-order valence-corrected chi connectivity index (χ4v) is 3.89. The zero-order valence-corrected chi connectivity index (χ0v) is 10.7. The van der Waals surface area contributed by atoms with Gasteiger partial charge in [0, 0.05) is 23.1 Å². The molecule has 0 N–H and O–H groups in total. The van der Waals surface area contributed by atoms with E-state index in [0.717, 1.165) is 0 Å². The normalized spacial score (nSPS) is 22.4. The molecule has 0 saturated heterocycles. The first-order chi connectivity index (χ1) is 7.58. The molecule has 1 aliphatic rings. The van der Waals surface area contributed by atoms with Crippen LogP contribution < -0.4 is 0 Å². The monoisotopic (exact) mass is 276 g/mol. The predicted octanol–water partition coefficient (Wildman–Crippen LogP) is 3.22. The van der Waals surface area contributed by atoms with Gasteiger partial charge < -0.3 is 0 Å². The summed E-state index contributed by atoms with van der Waals surface area (Å²) in [6, 6.07) is 4.90. The Morgan fingerprint density at radius 3 is 2.69 bits per heavy atom. The molecule has 1 aromatic rings. The van der Waals surface area contributed by atoms with Crippen molar-refractivity contribution >= 4 is 39.8 Å². The van der Waals surface area contributed by atoms with Gasteiger partial charge in [-0.3, -0.25) is 9.00 Å². The first-order valence-corrected chi connectivity index (χ1v) is 6.92. The Hall–Kier alpha value is -0.380. The van der Waals surface area contributed by atoms with Crippen LogP contribution in [-0.4, -0.2) is 15.2 Å². The Kier molecular flexibility index (Phi) is 3.67. The standard InChI is InChI=1S/C11H10Cl2O2S/c12-7-1-4-10(13)11(5-7)16(15)9-3-2-8(14)6-9/h1,4-5,9H,2-3,6H2. The van der Waals surface area contributed by atoms with Crippen LogP contribution in [0, 0.1) is 0 Å². The molecule has 1 aliphatic carbocycles. The van der Waals surface area contributed by atoms with Gasteiger partial charge in [-0.15, -0.1) is 0 Å². The molecule has 2 nitrogen and oxygen atoms in total. The molecule has 86 valence electrons. The molecule has 2 atom stereocenters. The maximum Gasteiger partial charge on any atom is 0.134 e. The highest BCUT2D eigenvalue weighted by Crippen LogP contribution is 2.30. The summed E-state index contributed by atoms with van der Waals surface area (Å²) >= 11 is 11.8. The van der Waals surface area contributed by atoms with E-state index in [0.29, 0.717) is 34.2 Å². The van der Waals surface area contributed by atoms with E-state index >= 15 is 0 Å². The summed E-state index contributed by atoms with van der Waals surface area (Å²) in [6.45, 7) is 0. The summed E-state index contributed by atoms with van der Waals surface area (Å²) < 4.78 is 12.2. The summed E-state index contributed by atoms with van der Waals surface area (Å²) in [5, 5.41) is 0.850. The molecular weight excluding hydrogens is 267 g/mol. The Morgan fingerprint density at radius 1 is 1.31 bits per heavy atom. The van der Waals surface area contributed by atoms with Crippen LogP contribution in [0.5, 0.6) is 0 Å². The third-order valence-electron chi connectivity index (χ3n) is 2.61. The number of carbonyl (C=O) groups excluding carboxylic acids is 1. The molecule has 0 heterocycles. The molecule has 0 amide bonds. The maximum atomic E-state index is 12.2. The second-order valence-corrected chi connectivity index (χ2v) is 6.32. The van der Waals surface area contributed by atoms with Crippen molar-refractivity contribution in [1.82, 2.24) is 0 Å². The lowest BCUT2D eigenvalue weighted by Gasteiger charge is -2.10. The Bertz CT molecular complexity index is 459. The Balaban J connectivity index is 2.27. The maximum absolute atomic E-state index is 12.2. The molecule has 0 spiro atoms. The highest BCUT2D eigenvalue weighted by atomic mass is 35.5. The van der Waals surface area contributed by atoms with E-state index in [9.17, 15) is 9.00 Å². The first kappa shape index (κ1) is 12.1. The molecule has 1 aromatic carbocycles. The van der Waals surface area contributed by atoms with Crippen molar-refractivity contribution in [2.45, 2.75) is 29.4 Å². The van der Waals surface area contributed by atoms with E-state index in [1.807, 2.05) is 0 Å². The van der Waals surface area contributed by atoms with Gasteiger partial charge in [0.1, 0.15) is 5.78 Å². The third-order valence-corrected chi connectivity index (χ3v) is 5.07. The second-order valence-electron chi connectivity index (χ2n) is 3.78. The lowest BCUT2D eigenvalue weighted by Crippen LogP contribution is -2.11. The number of rotatable bonds is 2. The van der Waals surface area contributed by atoms with Crippen molar-refractivity contribution in [3.05, 3.63) is 28.2 Å². The van der Waals surface area contributed by atoms with Crippen LogP contribution in [0.1, 0.15) is 19.3 Å². The lowest BCUT2D eigenvalue weighted by molar-refractivity contribution is -0.117. The zero-order valence-electron chi connectivity index (χ0n) is 8.41. The molecule has 16 heavy (non-hydrogen) atoms. The van der Waals surface area contributed by atoms with Gasteiger partial charge in [0.15, 0.2) is 0 Å². The second kappa shape index (κ2) is 4.86. The van der Waals surface area contributed by atoms with Gasteiger partial charge in [-0.05, 0) is 24.6 Å². The number of benzene rings is 1. The van der Waals surface area contributed by atoms with Gasteiger partial charge in [-0.2, -0.15) is 0 Å². The van der Waals surface area contributed by atoms with Gasteiger partial charge in [0.2, 0.25) is 0 Å². The van der Waals surface area contributed by atoms with Crippen LogP contribution in [-0.2, 0) is 15.6 Å². The van der Waals surface area contributed by atoms with E-state index in [4.69, 9.17) is 23.2 Å². The number of carbonyl (C=O) groups is 1. The van der Waals surface area contributed by atoms with Gasteiger partial charge in [0.05, 0.1) is 20.7 Å². The van der Waals surface area contributed by atoms with Crippen molar-refractivity contribution in [2.75, 3.05) is 0 Å². The highest BCUT2D eigenvalue weighted by molar-refractivity contribution is 7.85. The number of hydrogen-bond donors (Lipinski definition) is 0. The molecule has 1 fully saturated rings. The summed E-state index contributed by atoms with van der Waals surface area (Å²) in [7, 11) is -1.24. The highest BCUT2D eigenvalue weighted by Gasteiger charge is 2.29. The first-order valence-electron chi connectivity index (χ1n) is 4.95. The average Bonchev–Trinajstić information content (AvgIpc) is 2.67. The van der Waals surface area contributed by atoms with E-state index in [1.54, 1.807) is 18.2 Å². The third kappa shape index (κ3) is 2.47. The molecule has 0 radical (unpaired) electrons. The van der Waals surface area contributed by atoms with E-state index in [-0.39, 0.29) is 11.0 Å². The Morgan fingerprint density at radius 2 is 2.06 bits per heavy atom. The van der Waals surface area contributed by atoms with Crippen molar-refractivity contribution in [3.63, 3.8) is 0 Å². The molecule has 2 unspecified atom stereocenters. The summed E-state index contributed by atoms with van der Waals surface area (Å²) in [5.41, 5.74) is 0. The number of hydrogen-bond acceptors (Lipinski definition) is 2. The van der Waals surface area contributed by atoms with Gasteiger partial charge in [-0.1, -0.05) is 23.2 Å².